The monoisotopic (exact) mass is 237 g/mol. The number of nitrogens with zero attached hydrogens (tertiary/aromatic N) is 2. The van der Waals surface area contributed by atoms with Gasteiger partial charge < -0.3 is 5.32 Å². The first kappa shape index (κ1) is 13.7. The molecular weight excluding hydrogens is 214 g/mol. The summed E-state index contributed by atoms with van der Waals surface area (Å²) in [6.07, 6.45) is 0.905. The van der Waals surface area contributed by atoms with Crippen molar-refractivity contribution in [1.82, 2.24) is 15.1 Å². The first-order valence-corrected chi connectivity index (χ1v) is 6.11. The minimum Gasteiger partial charge on any atom is -0.349 e. The molecule has 0 spiro atoms. The van der Waals surface area contributed by atoms with Gasteiger partial charge in [0.1, 0.15) is 6.04 Å². The van der Waals surface area contributed by atoms with E-state index in [4.69, 9.17) is 0 Å². The topological polar surface area (TPSA) is 46.9 Å². The number of nitrogens with one attached hydrogen (secondary N) is 1. The molecule has 1 N–H and O–H groups in total. The van der Waals surface area contributed by atoms with Crippen LogP contribution in [0.5, 0.6) is 0 Å². The van der Waals surface area contributed by atoms with Crippen molar-refractivity contribution in [3.63, 3.8) is 0 Å². The van der Waals surface area contributed by atoms with Gasteiger partial charge in [0.05, 0.1) is 5.69 Å². The van der Waals surface area contributed by atoms with E-state index < -0.39 is 0 Å². The Kier molecular flexibility index (Phi) is 3.96. The molecule has 96 valence electrons. The lowest BCUT2D eigenvalue weighted by atomic mass is 10.0. The quantitative estimate of drug-likeness (QED) is 0.874. The van der Waals surface area contributed by atoms with E-state index in [2.05, 4.69) is 17.3 Å². The Morgan fingerprint density at radius 2 is 2.12 bits per heavy atom. The highest BCUT2D eigenvalue weighted by Gasteiger charge is 2.23. The summed E-state index contributed by atoms with van der Waals surface area (Å²) in [6, 6.07) is 1.71. The molecule has 1 aromatic rings. The van der Waals surface area contributed by atoms with Crippen molar-refractivity contribution in [3.05, 3.63) is 17.5 Å². The fourth-order valence-electron chi connectivity index (χ4n) is 1.68. The Balaban J connectivity index is 2.80. The fourth-order valence-corrected chi connectivity index (χ4v) is 1.68. The molecule has 0 fully saturated rings. The number of hydrogen-bond acceptors (Lipinski definition) is 2. The standard InChI is InChI=1S/C13H23N3O/c1-7-13(5,6)14-12(17)11(4)16-10(3)8-9(2)15-16/h8,11H,7H2,1-6H3,(H,14,17). The summed E-state index contributed by atoms with van der Waals surface area (Å²) in [5.41, 5.74) is 1.79. The summed E-state index contributed by atoms with van der Waals surface area (Å²) >= 11 is 0. The lowest BCUT2D eigenvalue weighted by molar-refractivity contribution is -0.125. The minimum absolute atomic E-state index is 0.0167. The van der Waals surface area contributed by atoms with Crippen LogP contribution in [0.1, 0.15) is 51.5 Å². The van der Waals surface area contributed by atoms with Gasteiger partial charge in [-0.15, -0.1) is 0 Å². The van der Waals surface area contributed by atoms with Crippen LogP contribution in [0.4, 0.5) is 0 Å². The maximum atomic E-state index is 12.1. The normalized spacial score (nSPS) is 13.5. The van der Waals surface area contributed by atoms with Crippen molar-refractivity contribution in [3.8, 4) is 0 Å². The van der Waals surface area contributed by atoms with Crippen molar-refractivity contribution >= 4 is 5.91 Å². The van der Waals surface area contributed by atoms with Gasteiger partial charge in [-0.1, -0.05) is 6.92 Å². The van der Waals surface area contributed by atoms with Gasteiger partial charge in [0.15, 0.2) is 0 Å². The van der Waals surface area contributed by atoms with Gasteiger partial charge in [0.2, 0.25) is 5.91 Å². The van der Waals surface area contributed by atoms with Crippen molar-refractivity contribution in [2.24, 2.45) is 0 Å². The zero-order valence-electron chi connectivity index (χ0n) is 11.7. The van der Waals surface area contributed by atoms with E-state index >= 15 is 0 Å². The summed E-state index contributed by atoms with van der Waals surface area (Å²) in [6.45, 7) is 11.9. The van der Waals surface area contributed by atoms with Gasteiger partial charge >= 0.3 is 0 Å². The maximum absolute atomic E-state index is 12.1. The second-order valence-electron chi connectivity index (χ2n) is 5.27. The minimum atomic E-state index is -0.269. The average Bonchev–Trinajstić information content (AvgIpc) is 2.56. The van der Waals surface area contributed by atoms with Gasteiger partial charge in [-0.25, -0.2) is 0 Å². The van der Waals surface area contributed by atoms with Gasteiger partial charge in [-0.2, -0.15) is 5.10 Å². The molecule has 1 heterocycles. The van der Waals surface area contributed by atoms with Crippen LogP contribution < -0.4 is 5.32 Å². The van der Waals surface area contributed by atoms with E-state index in [0.717, 1.165) is 17.8 Å². The van der Waals surface area contributed by atoms with Crippen LogP contribution in [0, 0.1) is 13.8 Å². The van der Waals surface area contributed by atoms with E-state index in [-0.39, 0.29) is 17.5 Å². The van der Waals surface area contributed by atoms with Crippen LogP contribution >= 0.6 is 0 Å². The zero-order valence-corrected chi connectivity index (χ0v) is 11.7. The molecule has 4 heteroatoms. The third kappa shape index (κ3) is 3.32. The molecule has 1 amide bonds. The third-order valence-electron chi connectivity index (χ3n) is 3.14. The largest absolute Gasteiger partial charge is 0.349 e. The second kappa shape index (κ2) is 4.90. The first-order chi connectivity index (χ1) is 7.76. The van der Waals surface area contributed by atoms with Crippen LogP contribution in [0.3, 0.4) is 0 Å². The van der Waals surface area contributed by atoms with Gasteiger partial charge in [0, 0.05) is 11.2 Å². The molecule has 0 aliphatic carbocycles. The Morgan fingerprint density at radius 1 is 1.53 bits per heavy atom. The van der Waals surface area contributed by atoms with Crippen LogP contribution in [0.15, 0.2) is 6.07 Å². The molecule has 0 aliphatic rings. The van der Waals surface area contributed by atoms with Crippen LogP contribution in [-0.4, -0.2) is 21.2 Å². The lowest BCUT2D eigenvalue weighted by Gasteiger charge is -2.26. The molecule has 0 aromatic carbocycles. The van der Waals surface area contributed by atoms with Gasteiger partial charge in [-0.3, -0.25) is 9.48 Å². The third-order valence-corrected chi connectivity index (χ3v) is 3.14. The molecule has 0 radical (unpaired) electrons. The summed E-state index contributed by atoms with van der Waals surface area (Å²) in [7, 11) is 0. The van der Waals surface area contributed by atoms with E-state index in [1.807, 2.05) is 40.7 Å². The molecule has 1 unspecified atom stereocenters. The highest BCUT2D eigenvalue weighted by molar-refractivity contribution is 5.80. The molecular formula is C13H23N3O. The number of hydrogen-bond donors (Lipinski definition) is 1. The molecule has 0 saturated heterocycles. The number of amides is 1. The van der Waals surface area contributed by atoms with Crippen molar-refractivity contribution in [2.45, 2.75) is 59.5 Å². The summed E-state index contributed by atoms with van der Waals surface area (Å²) in [5, 5.41) is 7.38. The van der Waals surface area contributed by atoms with E-state index in [0.29, 0.717) is 0 Å². The molecule has 0 bridgehead atoms. The Labute approximate surface area is 103 Å². The van der Waals surface area contributed by atoms with Crippen molar-refractivity contribution in [1.29, 1.82) is 0 Å². The van der Waals surface area contributed by atoms with E-state index in [9.17, 15) is 4.79 Å². The summed E-state index contributed by atoms with van der Waals surface area (Å²) in [4.78, 5) is 12.1. The van der Waals surface area contributed by atoms with Gasteiger partial charge in [0.25, 0.3) is 0 Å². The molecule has 1 atom stereocenters. The Hall–Kier alpha value is -1.32. The van der Waals surface area contributed by atoms with Gasteiger partial charge in [-0.05, 0) is 47.1 Å². The van der Waals surface area contributed by atoms with Crippen LogP contribution in [0.2, 0.25) is 0 Å². The molecule has 0 saturated carbocycles. The van der Waals surface area contributed by atoms with E-state index in [1.165, 1.54) is 0 Å². The molecule has 17 heavy (non-hydrogen) atoms. The van der Waals surface area contributed by atoms with Crippen molar-refractivity contribution < 1.29 is 4.79 Å². The number of carbonyl (C=O) groups is 1. The molecule has 1 rings (SSSR count). The Bertz CT molecular complexity index is 407. The molecule has 0 aliphatic heterocycles. The molecule has 1 aromatic heterocycles. The zero-order chi connectivity index (χ0) is 13.2. The first-order valence-electron chi connectivity index (χ1n) is 6.11. The Morgan fingerprint density at radius 3 is 2.53 bits per heavy atom. The summed E-state index contributed by atoms with van der Waals surface area (Å²) < 4.78 is 1.77. The number of rotatable bonds is 4. The highest BCUT2D eigenvalue weighted by Crippen LogP contribution is 2.14. The van der Waals surface area contributed by atoms with E-state index in [1.54, 1.807) is 4.68 Å². The summed E-state index contributed by atoms with van der Waals surface area (Å²) in [5.74, 6) is 0.0167. The maximum Gasteiger partial charge on any atom is 0.244 e. The van der Waals surface area contributed by atoms with Crippen molar-refractivity contribution in [2.75, 3.05) is 0 Å². The average molecular weight is 237 g/mol. The smallest absolute Gasteiger partial charge is 0.244 e. The fraction of sp³-hybridized carbons (Fsp3) is 0.692. The second-order valence-corrected chi connectivity index (χ2v) is 5.27. The number of aryl methyl sites for hydroxylation is 2. The van der Waals surface area contributed by atoms with Crippen LogP contribution in [0.25, 0.3) is 0 Å². The highest BCUT2D eigenvalue weighted by atomic mass is 16.2. The lowest BCUT2D eigenvalue weighted by Crippen LogP contribution is -2.45. The predicted molar refractivity (Wildman–Crippen MR) is 68.9 cm³/mol. The molecule has 4 nitrogen and oxygen atoms in total. The predicted octanol–water partition coefficient (Wildman–Crippen LogP) is 2.37. The number of aromatic nitrogens is 2. The number of carbonyl (C=O) groups excluding carboxylic acids is 1. The van der Waals surface area contributed by atoms with Crippen LogP contribution in [-0.2, 0) is 4.79 Å². The SMILES string of the molecule is CCC(C)(C)NC(=O)C(C)n1nc(C)cc1C.